The summed E-state index contributed by atoms with van der Waals surface area (Å²) in [5.74, 6) is 1.10. The summed E-state index contributed by atoms with van der Waals surface area (Å²) >= 11 is 1.57. The molecular weight excluding hydrogens is 396 g/mol. The van der Waals surface area contributed by atoms with Crippen LogP contribution in [-0.4, -0.2) is 39.0 Å². The first-order valence-corrected chi connectivity index (χ1v) is 12.0. The van der Waals surface area contributed by atoms with Crippen molar-refractivity contribution in [2.24, 2.45) is 0 Å². The van der Waals surface area contributed by atoms with E-state index in [4.69, 9.17) is 4.74 Å². The Balaban J connectivity index is 1.76. The summed E-state index contributed by atoms with van der Waals surface area (Å²) in [5.41, 5.74) is 0.914. The lowest BCUT2D eigenvalue weighted by molar-refractivity contribution is -0.123. The van der Waals surface area contributed by atoms with E-state index in [1.165, 1.54) is 12.1 Å². The maximum atomic E-state index is 12.9. The zero-order valence-electron chi connectivity index (χ0n) is 15.6. The van der Waals surface area contributed by atoms with Crippen LogP contribution in [0.3, 0.4) is 0 Å². The summed E-state index contributed by atoms with van der Waals surface area (Å²) in [5, 5.41) is 3.00. The molecule has 3 rings (SSSR count). The van der Waals surface area contributed by atoms with Crippen LogP contribution < -0.4 is 14.8 Å². The number of carbonyl (C=O) groups is 1. The van der Waals surface area contributed by atoms with Crippen LogP contribution in [0.15, 0.2) is 59.5 Å². The Hall–Kier alpha value is -2.03. The number of hydrogen-bond donors (Lipinski definition) is 2. The molecule has 0 saturated carbocycles. The average molecular weight is 421 g/mol. The molecule has 6 nitrogen and oxygen atoms in total. The lowest BCUT2D eigenvalue weighted by atomic mass is 10.00. The summed E-state index contributed by atoms with van der Waals surface area (Å²) in [7, 11) is -3.78. The highest BCUT2D eigenvalue weighted by molar-refractivity contribution is 7.98. The van der Waals surface area contributed by atoms with Gasteiger partial charge in [0, 0.05) is 12.0 Å². The summed E-state index contributed by atoms with van der Waals surface area (Å²) in [4.78, 5) is 13.1. The fourth-order valence-corrected chi connectivity index (χ4v) is 4.82. The van der Waals surface area contributed by atoms with Gasteiger partial charge in [0.15, 0.2) is 0 Å². The van der Waals surface area contributed by atoms with Crippen molar-refractivity contribution in [1.29, 1.82) is 0 Å². The van der Waals surface area contributed by atoms with Gasteiger partial charge in [0.25, 0.3) is 0 Å². The zero-order valence-corrected chi connectivity index (χ0v) is 17.3. The third kappa shape index (κ3) is 5.06. The van der Waals surface area contributed by atoms with Crippen LogP contribution in [0.1, 0.15) is 24.4 Å². The molecule has 8 heteroatoms. The molecule has 0 aromatic heterocycles. The van der Waals surface area contributed by atoms with Gasteiger partial charge in [-0.1, -0.05) is 36.4 Å². The molecule has 2 aromatic rings. The quantitative estimate of drug-likeness (QED) is 0.686. The summed E-state index contributed by atoms with van der Waals surface area (Å²) in [6, 6.07) is 14.6. The fraction of sp³-hybridized carbons (Fsp3) is 0.350. The van der Waals surface area contributed by atoms with Crippen molar-refractivity contribution in [3.05, 3.63) is 60.2 Å². The molecule has 1 aliphatic heterocycles. The smallest absolute Gasteiger partial charge is 0.241 e. The molecule has 1 aliphatic rings. The minimum Gasteiger partial charge on any atom is -0.493 e. The molecule has 0 saturated heterocycles. The monoisotopic (exact) mass is 420 g/mol. The number of benzene rings is 2. The highest BCUT2D eigenvalue weighted by atomic mass is 32.2. The van der Waals surface area contributed by atoms with Gasteiger partial charge < -0.3 is 10.1 Å². The number of ether oxygens (including phenoxy) is 1. The van der Waals surface area contributed by atoms with Crippen molar-refractivity contribution < 1.29 is 17.9 Å². The number of rotatable bonds is 8. The number of hydrogen-bond acceptors (Lipinski definition) is 5. The van der Waals surface area contributed by atoms with Gasteiger partial charge in [0.2, 0.25) is 15.9 Å². The summed E-state index contributed by atoms with van der Waals surface area (Å²) in [6.07, 6.45) is 2.97. The average Bonchev–Trinajstić information content (AvgIpc) is 2.72. The first-order valence-electron chi connectivity index (χ1n) is 9.09. The molecule has 0 spiro atoms. The molecule has 0 bridgehead atoms. The molecule has 2 aromatic carbocycles. The zero-order chi connectivity index (χ0) is 20.0. The van der Waals surface area contributed by atoms with Gasteiger partial charge >= 0.3 is 0 Å². The summed E-state index contributed by atoms with van der Waals surface area (Å²) < 4.78 is 33.6. The molecular formula is C20H24N2O4S2. The van der Waals surface area contributed by atoms with E-state index in [0.717, 1.165) is 11.3 Å². The minimum absolute atomic E-state index is 0.147. The normalized spacial score (nSPS) is 17.2. The maximum absolute atomic E-state index is 12.9. The van der Waals surface area contributed by atoms with Crippen molar-refractivity contribution in [1.82, 2.24) is 10.0 Å². The second-order valence-electron chi connectivity index (χ2n) is 6.50. The van der Waals surface area contributed by atoms with E-state index in [1.54, 1.807) is 30.0 Å². The predicted octanol–water partition coefficient (Wildman–Crippen LogP) is 2.73. The van der Waals surface area contributed by atoms with Gasteiger partial charge in [0.05, 0.1) is 17.5 Å². The van der Waals surface area contributed by atoms with Crippen LogP contribution >= 0.6 is 11.8 Å². The SMILES string of the molecule is CSCC[C@@H](NS(=O)(=O)c1ccccc1)C(=O)N[C@H]1CCOc2ccccc21. The first-order chi connectivity index (χ1) is 13.5. The van der Waals surface area contributed by atoms with E-state index in [0.29, 0.717) is 25.2 Å². The molecule has 0 radical (unpaired) electrons. The predicted molar refractivity (Wildman–Crippen MR) is 111 cm³/mol. The Kier molecular flexibility index (Phi) is 6.98. The van der Waals surface area contributed by atoms with Crippen molar-refractivity contribution in [2.45, 2.75) is 29.8 Å². The number of thioether (sulfide) groups is 1. The fourth-order valence-electron chi connectivity index (χ4n) is 3.10. The highest BCUT2D eigenvalue weighted by Crippen LogP contribution is 2.31. The van der Waals surface area contributed by atoms with E-state index < -0.39 is 16.1 Å². The van der Waals surface area contributed by atoms with Crippen LogP contribution in [0.4, 0.5) is 0 Å². The summed E-state index contributed by atoms with van der Waals surface area (Å²) in [6.45, 7) is 0.507. The van der Waals surface area contributed by atoms with Gasteiger partial charge in [-0.05, 0) is 36.6 Å². The largest absolute Gasteiger partial charge is 0.493 e. The third-order valence-electron chi connectivity index (χ3n) is 4.55. The Morgan fingerprint density at radius 2 is 1.89 bits per heavy atom. The second kappa shape index (κ2) is 9.45. The van der Waals surface area contributed by atoms with Crippen LogP contribution in [0, 0.1) is 0 Å². The maximum Gasteiger partial charge on any atom is 0.241 e. The van der Waals surface area contributed by atoms with Gasteiger partial charge in [-0.2, -0.15) is 16.5 Å². The van der Waals surface area contributed by atoms with Crippen LogP contribution in [0.25, 0.3) is 0 Å². The van der Waals surface area contributed by atoms with Gasteiger partial charge in [-0.3, -0.25) is 4.79 Å². The molecule has 0 fully saturated rings. The standard InChI is InChI=1S/C20H24N2O4S2/c1-27-14-12-18(22-28(24,25)15-7-3-2-4-8-15)20(23)21-17-11-13-26-19-10-6-5-9-16(17)19/h2-10,17-18,22H,11-14H2,1H3,(H,21,23)/t17-,18+/m0/s1. The number of fused-ring (bicyclic) bond motifs is 1. The Labute approximate surface area is 170 Å². The van der Waals surface area contributed by atoms with Gasteiger partial charge in [-0.25, -0.2) is 8.42 Å². The number of carbonyl (C=O) groups excluding carboxylic acids is 1. The number of para-hydroxylation sites is 1. The van der Waals surface area contributed by atoms with Crippen LogP contribution in [0.2, 0.25) is 0 Å². The molecule has 2 atom stereocenters. The second-order valence-corrected chi connectivity index (χ2v) is 9.20. The molecule has 28 heavy (non-hydrogen) atoms. The van der Waals surface area contributed by atoms with E-state index >= 15 is 0 Å². The van der Waals surface area contributed by atoms with E-state index in [1.807, 2.05) is 30.5 Å². The number of nitrogens with one attached hydrogen (secondary N) is 2. The number of sulfonamides is 1. The van der Waals surface area contributed by atoms with Crippen molar-refractivity contribution >= 4 is 27.7 Å². The molecule has 0 aliphatic carbocycles. The molecule has 150 valence electrons. The van der Waals surface area contributed by atoms with E-state index in [2.05, 4.69) is 10.0 Å². The van der Waals surface area contributed by atoms with Crippen LogP contribution in [-0.2, 0) is 14.8 Å². The van der Waals surface area contributed by atoms with Crippen molar-refractivity contribution in [2.75, 3.05) is 18.6 Å². The Bertz CT molecular complexity index is 903. The lowest BCUT2D eigenvalue weighted by Crippen LogP contribution is -2.48. The van der Waals surface area contributed by atoms with Gasteiger partial charge in [0.1, 0.15) is 11.8 Å². The Morgan fingerprint density at radius 1 is 1.18 bits per heavy atom. The number of amides is 1. The molecule has 2 N–H and O–H groups in total. The Morgan fingerprint density at radius 3 is 2.64 bits per heavy atom. The van der Waals surface area contributed by atoms with Gasteiger partial charge in [-0.15, -0.1) is 0 Å². The molecule has 1 heterocycles. The topological polar surface area (TPSA) is 84.5 Å². The highest BCUT2D eigenvalue weighted by Gasteiger charge is 2.29. The third-order valence-corrected chi connectivity index (χ3v) is 6.68. The lowest BCUT2D eigenvalue weighted by Gasteiger charge is -2.28. The van der Waals surface area contributed by atoms with Crippen molar-refractivity contribution in [3.63, 3.8) is 0 Å². The molecule has 1 amide bonds. The van der Waals surface area contributed by atoms with Crippen LogP contribution in [0.5, 0.6) is 5.75 Å². The molecule has 0 unspecified atom stereocenters. The van der Waals surface area contributed by atoms with E-state index in [-0.39, 0.29) is 16.8 Å². The van der Waals surface area contributed by atoms with Crippen molar-refractivity contribution in [3.8, 4) is 5.75 Å². The van der Waals surface area contributed by atoms with E-state index in [9.17, 15) is 13.2 Å². The minimum atomic E-state index is -3.78. The first kappa shape index (κ1) is 20.7.